The number of amides is 1. The summed E-state index contributed by atoms with van der Waals surface area (Å²) >= 11 is 0. The highest BCUT2D eigenvalue weighted by molar-refractivity contribution is 5.96. The molecule has 0 atom stereocenters. The molecular weight excluding hydrogens is 264 g/mol. The first kappa shape index (κ1) is 14.4. The zero-order valence-corrected chi connectivity index (χ0v) is 12.4. The molecule has 2 saturated carbocycles. The fraction of sp³-hybridized carbons (Fsp3) is 0.588. The Morgan fingerprint density at radius 1 is 1.19 bits per heavy atom. The zero-order valence-electron chi connectivity index (χ0n) is 12.4. The Hall–Kier alpha value is -1.55. The molecule has 4 heteroatoms. The Balaban J connectivity index is 1.57. The number of benzene rings is 1. The number of nitrogens with two attached hydrogens (primary N) is 1. The number of hydrogen-bond donors (Lipinski definition) is 2. The number of ether oxygens (including phenoxy) is 1. The average Bonchev–Trinajstić information content (AvgIpc) is 2.93. The van der Waals surface area contributed by atoms with E-state index in [-0.39, 0.29) is 11.3 Å². The lowest BCUT2D eigenvalue weighted by Gasteiger charge is -2.39. The van der Waals surface area contributed by atoms with E-state index in [0.717, 1.165) is 43.5 Å². The average molecular weight is 288 g/mol. The van der Waals surface area contributed by atoms with Gasteiger partial charge in [-0.05, 0) is 62.8 Å². The maximum Gasteiger partial charge on any atom is 0.231 e. The van der Waals surface area contributed by atoms with Gasteiger partial charge in [-0.3, -0.25) is 4.79 Å². The highest BCUT2D eigenvalue weighted by Gasteiger charge is 2.42. The van der Waals surface area contributed by atoms with Gasteiger partial charge in [0.15, 0.2) is 0 Å². The summed E-state index contributed by atoms with van der Waals surface area (Å²) in [6.45, 7) is 0.432. The molecule has 4 nitrogen and oxygen atoms in total. The Bertz CT molecular complexity index is 483. The fourth-order valence-corrected chi connectivity index (χ4v) is 3.21. The van der Waals surface area contributed by atoms with Gasteiger partial charge in [0.2, 0.25) is 5.91 Å². The van der Waals surface area contributed by atoms with Crippen LogP contribution in [-0.4, -0.2) is 18.6 Å². The van der Waals surface area contributed by atoms with Crippen molar-refractivity contribution in [3.63, 3.8) is 0 Å². The molecule has 0 aromatic heterocycles. The largest absolute Gasteiger partial charge is 0.490 e. The third-order valence-electron chi connectivity index (χ3n) is 4.90. The van der Waals surface area contributed by atoms with E-state index in [1.807, 2.05) is 24.3 Å². The topological polar surface area (TPSA) is 64.4 Å². The quantitative estimate of drug-likeness (QED) is 0.875. The lowest BCUT2D eigenvalue weighted by molar-refractivity contribution is -0.129. The van der Waals surface area contributed by atoms with Crippen molar-refractivity contribution in [3.05, 3.63) is 24.3 Å². The maximum absolute atomic E-state index is 12.3. The second-order valence-corrected chi connectivity index (χ2v) is 6.34. The van der Waals surface area contributed by atoms with Crippen LogP contribution < -0.4 is 15.8 Å². The fourth-order valence-electron chi connectivity index (χ4n) is 3.21. The van der Waals surface area contributed by atoms with E-state index in [1.165, 1.54) is 12.8 Å². The molecule has 0 bridgehead atoms. The molecule has 2 aliphatic carbocycles. The predicted octanol–water partition coefficient (Wildman–Crippen LogP) is 3.08. The molecule has 3 N–H and O–H groups in total. The van der Waals surface area contributed by atoms with Gasteiger partial charge in [-0.1, -0.05) is 6.42 Å². The predicted molar refractivity (Wildman–Crippen MR) is 83.3 cm³/mol. The molecule has 2 aliphatic rings. The summed E-state index contributed by atoms with van der Waals surface area (Å²) in [6.07, 6.45) is 8.09. The Morgan fingerprint density at radius 2 is 1.86 bits per heavy atom. The molecule has 0 unspecified atom stereocenters. The highest BCUT2D eigenvalue weighted by Crippen LogP contribution is 2.40. The maximum atomic E-state index is 12.3. The van der Waals surface area contributed by atoms with Gasteiger partial charge >= 0.3 is 0 Å². The minimum absolute atomic E-state index is 0.0562. The monoisotopic (exact) mass is 288 g/mol. The van der Waals surface area contributed by atoms with Gasteiger partial charge in [0.1, 0.15) is 5.75 Å². The van der Waals surface area contributed by atoms with E-state index >= 15 is 0 Å². The van der Waals surface area contributed by atoms with Gasteiger partial charge in [0.05, 0.1) is 11.5 Å². The molecule has 0 aliphatic heterocycles. The van der Waals surface area contributed by atoms with Crippen molar-refractivity contribution in [1.29, 1.82) is 0 Å². The van der Waals surface area contributed by atoms with Crippen molar-refractivity contribution in [2.24, 2.45) is 11.1 Å². The van der Waals surface area contributed by atoms with Crippen LogP contribution in [0, 0.1) is 5.41 Å². The zero-order chi connectivity index (χ0) is 14.7. The Labute approximate surface area is 126 Å². The van der Waals surface area contributed by atoms with Crippen LogP contribution in [0.3, 0.4) is 0 Å². The van der Waals surface area contributed by atoms with Crippen LogP contribution in [0.4, 0.5) is 5.69 Å². The molecule has 1 aromatic rings. The first-order valence-electron chi connectivity index (χ1n) is 8.00. The standard InChI is InChI=1S/C17H24N2O2/c18-12-17(10-3-11-17)16(20)19-13-6-8-15(9-7-13)21-14-4-1-2-5-14/h6-9,14H,1-5,10-12,18H2,(H,19,20). The van der Waals surface area contributed by atoms with Crippen LogP contribution in [-0.2, 0) is 4.79 Å². The summed E-state index contributed by atoms with van der Waals surface area (Å²) in [4.78, 5) is 12.3. The number of anilines is 1. The Morgan fingerprint density at radius 3 is 2.38 bits per heavy atom. The first-order chi connectivity index (χ1) is 10.2. The van der Waals surface area contributed by atoms with E-state index in [9.17, 15) is 4.79 Å². The third-order valence-corrected chi connectivity index (χ3v) is 4.90. The van der Waals surface area contributed by atoms with Crippen molar-refractivity contribution >= 4 is 11.6 Å². The van der Waals surface area contributed by atoms with Crippen molar-refractivity contribution < 1.29 is 9.53 Å². The number of nitrogens with one attached hydrogen (secondary N) is 1. The normalized spacial score (nSPS) is 20.8. The molecule has 1 aromatic carbocycles. The summed E-state index contributed by atoms with van der Waals surface area (Å²) < 4.78 is 5.92. The molecule has 21 heavy (non-hydrogen) atoms. The minimum Gasteiger partial charge on any atom is -0.490 e. The van der Waals surface area contributed by atoms with E-state index in [0.29, 0.717) is 12.6 Å². The number of hydrogen-bond acceptors (Lipinski definition) is 3. The molecule has 0 spiro atoms. The van der Waals surface area contributed by atoms with Gasteiger partial charge in [-0.25, -0.2) is 0 Å². The lowest BCUT2D eigenvalue weighted by atomic mass is 9.68. The van der Waals surface area contributed by atoms with E-state index in [2.05, 4.69) is 5.32 Å². The van der Waals surface area contributed by atoms with E-state index < -0.39 is 0 Å². The number of carbonyl (C=O) groups is 1. The molecule has 2 fully saturated rings. The summed E-state index contributed by atoms with van der Waals surface area (Å²) in [6, 6.07) is 7.68. The third kappa shape index (κ3) is 3.05. The van der Waals surface area contributed by atoms with Crippen molar-refractivity contribution in [3.8, 4) is 5.75 Å². The van der Waals surface area contributed by atoms with Crippen molar-refractivity contribution in [1.82, 2.24) is 0 Å². The van der Waals surface area contributed by atoms with Crippen LogP contribution in [0.15, 0.2) is 24.3 Å². The van der Waals surface area contributed by atoms with E-state index in [1.54, 1.807) is 0 Å². The Kier molecular flexibility index (Phi) is 4.15. The van der Waals surface area contributed by atoms with Gasteiger partial charge < -0.3 is 15.8 Å². The number of rotatable bonds is 5. The highest BCUT2D eigenvalue weighted by atomic mass is 16.5. The van der Waals surface area contributed by atoms with Crippen LogP contribution >= 0.6 is 0 Å². The van der Waals surface area contributed by atoms with Crippen molar-refractivity contribution in [2.75, 3.05) is 11.9 Å². The smallest absolute Gasteiger partial charge is 0.231 e. The molecule has 3 rings (SSSR count). The van der Waals surface area contributed by atoms with Crippen LogP contribution in [0.5, 0.6) is 5.75 Å². The molecule has 0 radical (unpaired) electrons. The lowest BCUT2D eigenvalue weighted by Crippen LogP contribution is -2.47. The molecular formula is C17H24N2O2. The molecule has 0 saturated heterocycles. The second-order valence-electron chi connectivity index (χ2n) is 6.34. The molecule has 1 amide bonds. The van der Waals surface area contributed by atoms with Gasteiger partial charge in [-0.2, -0.15) is 0 Å². The van der Waals surface area contributed by atoms with Crippen LogP contribution in [0.2, 0.25) is 0 Å². The second kappa shape index (κ2) is 6.06. The van der Waals surface area contributed by atoms with E-state index in [4.69, 9.17) is 10.5 Å². The first-order valence-corrected chi connectivity index (χ1v) is 8.00. The molecule has 0 heterocycles. The summed E-state index contributed by atoms with van der Waals surface area (Å²) in [5, 5.41) is 2.98. The van der Waals surface area contributed by atoms with Crippen LogP contribution in [0.1, 0.15) is 44.9 Å². The van der Waals surface area contributed by atoms with Crippen LogP contribution in [0.25, 0.3) is 0 Å². The minimum atomic E-state index is -0.334. The summed E-state index contributed by atoms with van der Waals surface area (Å²) in [5.41, 5.74) is 6.24. The van der Waals surface area contributed by atoms with Gasteiger partial charge in [0, 0.05) is 12.2 Å². The van der Waals surface area contributed by atoms with Gasteiger partial charge in [-0.15, -0.1) is 0 Å². The molecule has 114 valence electrons. The SMILES string of the molecule is NCC1(C(=O)Nc2ccc(OC3CCCC3)cc2)CCC1. The van der Waals surface area contributed by atoms with Crippen molar-refractivity contribution in [2.45, 2.75) is 51.0 Å². The number of carbonyl (C=O) groups excluding carboxylic acids is 1. The summed E-state index contributed by atoms with van der Waals surface area (Å²) in [7, 11) is 0. The van der Waals surface area contributed by atoms with Gasteiger partial charge in [0.25, 0.3) is 0 Å². The summed E-state index contributed by atoms with van der Waals surface area (Å²) in [5.74, 6) is 0.942.